The minimum Gasteiger partial charge on any atom is -0.493 e. The van der Waals surface area contributed by atoms with Gasteiger partial charge in [-0.1, -0.05) is 0 Å². The summed E-state index contributed by atoms with van der Waals surface area (Å²) in [4.78, 5) is 3.37. The number of alkyl halides is 2. The molecule has 0 saturated heterocycles. The number of pyridine rings is 1. The minimum absolute atomic E-state index is 0.0238. The molecule has 0 aliphatic heterocycles. The third-order valence-electron chi connectivity index (χ3n) is 1.64. The van der Waals surface area contributed by atoms with Crippen LogP contribution in [0.25, 0.3) is 0 Å². The third-order valence-corrected chi connectivity index (χ3v) is 3.94. The van der Waals surface area contributed by atoms with Gasteiger partial charge in [-0.05, 0) is 22.6 Å². The van der Waals surface area contributed by atoms with Crippen molar-refractivity contribution < 1.29 is 21.9 Å². The smallest absolute Gasteiger partial charge is 0.282 e. The third kappa shape index (κ3) is 2.72. The summed E-state index contributed by atoms with van der Waals surface area (Å²) in [7, 11) is 2.11. The maximum absolute atomic E-state index is 12.5. The molecular weight excluding hydrogens is 379 g/mol. The van der Waals surface area contributed by atoms with Gasteiger partial charge in [0.25, 0.3) is 15.5 Å². The maximum atomic E-state index is 12.5. The summed E-state index contributed by atoms with van der Waals surface area (Å²) in [6.45, 7) is 0. The van der Waals surface area contributed by atoms with Crippen LogP contribution in [0.4, 0.5) is 8.78 Å². The molecule has 0 atom stereocenters. The quantitative estimate of drug-likeness (QED) is 0.595. The molecule has 0 spiro atoms. The summed E-state index contributed by atoms with van der Waals surface area (Å²) < 4.78 is 51.8. The molecule has 9 heteroatoms. The largest absolute Gasteiger partial charge is 0.493 e. The lowest BCUT2D eigenvalue weighted by atomic mass is 10.3. The van der Waals surface area contributed by atoms with Crippen molar-refractivity contribution >= 4 is 42.3 Å². The summed E-state index contributed by atoms with van der Waals surface area (Å²) in [6, 6.07) is 0. The Morgan fingerprint density at radius 3 is 2.50 bits per heavy atom. The van der Waals surface area contributed by atoms with Gasteiger partial charge in [0.2, 0.25) is 5.03 Å². The van der Waals surface area contributed by atoms with E-state index in [0.717, 1.165) is 13.3 Å². The van der Waals surface area contributed by atoms with Crippen LogP contribution in [-0.2, 0) is 9.05 Å². The fraction of sp³-hybridized carbons (Fsp3) is 0.286. The first kappa shape index (κ1) is 13.8. The van der Waals surface area contributed by atoms with Crippen LogP contribution >= 0.6 is 33.3 Å². The highest BCUT2D eigenvalue weighted by atomic mass is 127. The van der Waals surface area contributed by atoms with Crippen molar-refractivity contribution in [3.63, 3.8) is 0 Å². The van der Waals surface area contributed by atoms with Gasteiger partial charge < -0.3 is 4.74 Å². The highest BCUT2D eigenvalue weighted by molar-refractivity contribution is 14.1. The summed E-state index contributed by atoms with van der Waals surface area (Å²) in [6.07, 6.45) is -2.00. The number of halogens is 4. The molecule has 0 saturated carbocycles. The molecular formula is C7H5ClF2INO3S. The number of hydrogen-bond acceptors (Lipinski definition) is 4. The Morgan fingerprint density at radius 1 is 1.56 bits per heavy atom. The van der Waals surface area contributed by atoms with Crippen LogP contribution in [0.2, 0.25) is 0 Å². The molecule has 0 aliphatic rings. The lowest BCUT2D eigenvalue weighted by Crippen LogP contribution is -2.04. The second-order valence-corrected chi connectivity index (χ2v) is 6.16. The Hall–Kier alpha value is -0.220. The first-order chi connectivity index (χ1) is 7.29. The van der Waals surface area contributed by atoms with Crippen LogP contribution < -0.4 is 4.74 Å². The monoisotopic (exact) mass is 383 g/mol. The normalized spacial score (nSPS) is 11.9. The van der Waals surface area contributed by atoms with E-state index in [1.165, 1.54) is 0 Å². The van der Waals surface area contributed by atoms with Crippen LogP contribution in [0.5, 0.6) is 5.75 Å². The summed E-state index contributed by atoms with van der Waals surface area (Å²) >= 11 is 1.55. The highest BCUT2D eigenvalue weighted by Crippen LogP contribution is 2.35. The lowest BCUT2D eigenvalue weighted by Gasteiger charge is -2.10. The van der Waals surface area contributed by atoms with E-state index >= 15 is 0 Å². The molecule has 0 aliphatic carbocycles. The van der Waals surface area contributed by atoms with Crippen molar-refractivity contribution in [2.45, 2.75) is 11.5 Å². The van der Waals surface area contributed by atoms with Gasteiger partial charge in [0.15, 0.2) is 5.75 Å². The molecule has 1 aromatic heterocycles. The fourth-order valence-corrected chi connectivity index (χ4v) is 2.92. The SMILES string of the molecule is COc1c(S(=O)(=O)Cl)ncc(C(F)F)c1I. The molecule has 0 fully saturated rings. The number of rotatable bonds is 3. The summed E-state index contributed by atoms with van der Waals surface area (Å²) in [5.74, 6) is -0.270. The zero-order valence-corrected chi connectivity index (χ0v) is 11.5. The van der Waals surface area contributed by atoms with Gasteiger partial charge in [0.05, 0.1) is 16.2 Å². The van der Waals surface area contributed by atoms with Crippen LogP contribution in [0.1, 0.15) is 12.0 Å². The molecule has 1 aromatic rings. The van der Waals surface area contributed by atoms with Gasteiger partial charge >= 0.3 is 0 Å². The molecule has 16 heavy (non-hydrogen) atoms. The summed E-state index contributed by atoms with van der Waals surface area (Å²) in [5.41, 5.74) is -0.401. The van der Waals surface area contributed by atoms with E-state index in [1.807, 2.05) is 0 Å². The van der Waals surface area contributed by atoms with Crippen molar-refractivity contribution in [2.24, 2.45) is 0 Å². The molecule has 0 aromatic carbocycles. The van der Waals surface area contributed by atoms with Crippen molar-refractivity contribution in [1.82, 2.24) is 4.98 Å². The maximum Gasteiger partial charge on any atom is 0.282 e. The van der Waals surface area contributed by atoms with Gasteiger partial charge in [-0.15, -0.1) is 0 Å². The molecule has 4 nitrogen and oxygen atoms in total. The molecule has 0 unspecified atom stereocenters. The van der Waals surface area contributed by atoms with E-state index in [1.54, 1.807) is 22.6 Å². The van der Waals surface area contributed by atoms with Crippen molar-refractivity contribution in [2.75, 3.05) is 7.11 Å². The molecule has 1 rings (SSSR count). The van der Waals surface area contributed by atoms with Gasteiger partial charge in [-0.25, -0.2) is 22.2 Å². The predicted molar refractivity (Wildman–Crippen MR) is 61.5 cm³/mol. The lowest BCUT2D eigenvalue weighted by molar-refractivity contribution is 0.149. The molecule has 90 valence electrons. The van der Waals surface area contributed by atoms with Crippen molar-refractivity contribution in [1.29, 1.82) is 0 Å². The Morgan fingerprint density at radius 2 is 2.12 bits per heavy atom. The Bertz CT molecular complexity index is 509. The average Bonchev–Trinajstić information content (AvgIpc) is 2.15. The van der Waals surface area contributed by atoms with E-state index in [-0.39, 0.29) is 9.32 Å². The topological polar surface area (TPSA) is 56.3 Å². The molecule has 1 heterocycles. The Labute approximate surface area is 109 Å². The molecule has 0 bridgehead atoms. The number of nitrogens with zero attached hydrogens (tertiary/aromatic N) is 1. The van der Waals surface area contributed by atoms with Crippen molar-refractivity contribution in [3.05, 3.63) is 15.3 Å². The number of hydrogen-bond donors (Lipinski definition) is 0. The van der Waals surface area contributed by atoms with E-state index in [4.69, 9.17) is 15.4 Å². The summed E-state index contributed by atoms with van der Waals surface area (Å²) in [5, 5.41) is -0.564. The van der Waals surface area contributed by atoms with Crippen LogP contribution in [0, 0.1) is 3.57 Å². The van der Waals surface area contributed by atoms with Crippen LogP contribution in [0.3, 0.4) is 0 Å². The number of methoxy groups -OCH3 is 1. The second kappa shape index (κ2) is 4.96. The standard InChI is InChI=1S/C7H5ClF2INO3S/c1-15-5-4(11)3(6(9)10)2-12-7(5)16(8,13)14/h2,6H,1H3. The van der Waals surface area contributed by atoms with Crippen LogP contribution in [-0.4, -0.2) is 20.5 Å². The fourth-order valence-electron chi connectivity index (χ4n) is 0.971. The van der Waals surface area contributed by atoms with Crippen molar-refractivity contribution in [3.8, 4) is 5.75 Å². The van der Waals surface area contributed by atoms with Gasteiger partial charge in [-0.3, -0.25) is 0 Å². The predicted octanol–water partition coefficient (Wildman–Crippen LogP) is 2.56. The van der Waals surface area contributed by atoms with E-state index < -0.39 is 26.1 Å². The minimum atomic E-state index is -4.12. The van der Waals surface area contributed by atoms with Gasteiger partial charge in [-0.2, -0.15) is 0 Å². The number of ether oxygens (including phenoxy) is 1. The van der Waals surface area contributed by atoms with Crippen LogP contribution in [0.15, 0.2) is 11.2 Å². The van der Waals surface area contributed by atoms with Gasteiger partial charge in [0.1, 0.15) is 0 Å². The highest BCUT2D eigenvalue weighted by Gasteiger charge is 2.25. The Kier molecular flexibility index (Phi) is 4.29. The Balaban J connectivity index is 3.54. The number of aromatic nitrogens is 1. The zero-order chi connectivity index (χ0) is 12.5. The van der Waals surface area contributed by atoms with E-state index in [9.17, 15) is 17.2 Å². The second-order valence-electron chi connectivity index (χ2n) is 2.60. The van der Waals surface area contributed by atoms with Gasteiger partial charge in [0, 0.05) is 16.9 Å². The molecule has 0 radical (unpaired) electrons. The average molecular weight is 384 g/mol. The van der Waals surface area contributed by atoms with E-state index in [2.05, 4.69) is 4.98 Å². The van der Waals surface area contributed by atoms with E-state index in [0.29, 0.717) is 0 Å². The zero-order valence-electron chi connectivity index (χ0n) is 7.75. The first-order valence-electron chi connectivity index (χ1n) is 3.74. The molecule has 0 N–H and O–H groups in total. The molecule has 0 amide bonds. The first-order valence-corrected chi connectivity index (χ1v) is 7.13.